The summed E-state index contributed by atoms with van der Waals surface area (Å²) in [7, 11) is 1.69. The van der Waals surface area contributed by atoms with E-state index < -0.39 is 0 Å². The van der Waals surface area contributed by atoms with E-state index in [1.807, 2.05) is 35.7 Å². The molecule has 0 amide bonds. The summed E-state index contributed by atoms with van der Waals surface area (Å²) in [4.78, 5) is 0. The summed E-state index contributed by atoms with van der Waals surface area (Å²) in [6.07, 6.45) is 0. The van der Waals surface area contributed by atoms with Gasteiger partial charge in [-0.25, -0.2) is 0 Å². The molecule has 1 fully saturated rings. The van der Waals surface area contributed by atoms with Crippen molar-refractivity contribution in [3.63, 3.8) is 0 Å². The molecule has 1 aromatic carbocycles. The van der Waals surface area contributed by atoms with Crippen LogP contribution in [0.25, 0.3) is 0 Å². The number of hydrogen-bond donors (Lipinski definition) is 1. The Balaban J connectivity index is 2.03. The van der Waals surface area contributed by atoms with Crippen molar-refractivity contribution < 1.29 is 4.74 Å². The number of nitrogens with two attached hydrogens (primary N) is 1. The molecule has 100 valence electrons. The van der Waals surface area contributed by atoms with Gasteiger partial charge in [0.1, 0.15) is 5.75 Å². The molecule has 0 radical (unpaired) electrons. The predicted octanol–water partition coefficient (Wildman–Crippen LogP) is 3.32. The number of benzene rings is 1. The molecule has 1 aliphatic rings. The number of hydrogen-bond acceptors (Lipinski definition) is 4. The quantitative estimate of drug-likeness (QED) is 0.923. The lowest BCUT2D eigenvalue weighted by Crippen LogP contribution is -2.34. The SMILES string of the molecule is COc1ccc(C(N)C2CSC(C)C(C)S2)cc1. The third-order valence-electron chi connectivity index (χ3n) is 3.48. The fourth-order valence-electron chi connectivity index (χ4n) is 2.04. The van der Waals surface area contributed by atoms with Crippen LogP contribution in [0.5, 0.6) is 5.75 Å². The van der Waals surface area contributed by atoms with Crippen molar-refractivity contribution in [3.8, 4) is 5.75 Å². The van der Waals surface area contributed by atoms with Gasteiger partial charge in [-0.2, -0.15) is 23.5 Å². The summed E-state index contributed by atoms with van der Waals surface area (Å²) in [6, 6.07) is 8.25. The van der Waals surface area contributed by atoms with Crippen LogP contribution in [-0.2, 0) is 0 Å². The highest BCUT2D eigenvalue weighted by Crippen LogP contribution is 2.40. The summed E-state index contributed by atoms with van der Waals surface area (Å²) in [5, 5.41) is 1.92. The Morgan fingerprint density at radius 2 is 1.89 bits per heavy atom. The Labute approximate surface area is 118 Å². The van der Waals surface area contributed by atoms with Gasteiger partial charge < -0.3 is 10.5 Å². The second kappa shape index (κ2) is 6.22. The van der Waals surface area contributed by atoms with Gasteiger partial charge in [-0.05, 0) is 17.7 Å². The van der Waals surface area contributed by atoms with Crippen LogP contribution >= 0.6 is 23.5 Å². The zero-order valence-corrected chi connectivity index (χ0v) is 12.8. The summed E-state index contributed by atoms with van der Waals surface area (Å²) >= 11 is 4.07. The topological polar surface area (TPSA) is 35.2 Å². The maximum Gasteiger partial charge on any atom is 0.118 e. The molecule has 1 saturated heterocycles. The first kappa shape index (κ1) is 14.1. The molecule has 2 nitrogen and oxygen atoms in total. The molecule has 0 aromatic heterocycles. The smallest absolute Gasteiger partial charge is 0.118 e. The Morgan fingerprint density at radius 1 is 1.22 bits per heavy atom. The van der Waals surface area contributed by atoms with Gasteiger partial charge in [-0.15, -0.1) is 0 Å². The van der Waals surface area contributed by atoms with E-state index in [0.29, 0.717) is 10.5 Å². The average molecular weight is 283 g/mol. The van der Waals surface area contributed by atoms with E-state index in [4.69, 9.17) is 10.5 Å². The lowest BCUT2D eigenvalue weighted by Gasteiger charge is -2.34. The fraction of sp³-hybridized carbons (Fsp3) is 0.571. The minimum Gasteiger partial charge on any atom is -0.497 e. The molecule has 0 saturated carbocycles. The Morgan fingerprint density at radius 3 is 2.44 bits per heavy atom. The van der Waals surface area contributed by atoms with E-state index in [1.165, 1.54) is 5.56 Å². The van der Waals surface area contributed by atoms with Crippen LogP contribution in [0.4, 0.5) is 0 Å². The van der Waals surface area contributed by atoms with Crippen molar-refractivity contribution >= 4 is 23.5 Å². The Hall–Kier alpha value is -0.320. The number of thioether (sulfide) groups is 2. The summed E-state index contributed by atoms with van der Waals surface area (Å²) in [5.41, 5.74) is 7.60. The highest BCUT2D eigenvalue weighted by atomic mass is 32.2. The summed E-state index contributed by atoms with van der Waals surface area (Å²) in [6.45, 7) is 4.60. The predicted molar refractivity (Wildman–Crippen MR) is 82.7 cm³/mol. The Bertz CT molecular complexity index is 382. The van der Waals surface area contributed by atoms with Crippen LogP contribution in [0.2, 0.25) is 0 Å². The van der Waals surface area contributed by atoms with Gasteiger partial charge in [0.15, 0.2) is 0 Å². The van der Waals surface area contributed by atoms with E-state index >= 15 is 0 Å². The van der Waals surface area contributed by atoms with E-state index in [1.54, 1.807) is 7.11 Å². The van der Waals surface area contributed by atoms with Crippen LogP contribution in [0.3, 0.4) is 0 Å². The molecule has 2 rings (SSSR count). The van der Waals surface area contributed by atoms with Crippen molar-refractivity contribution in [2.75, 3.05) is 12.9 Å². The minimum atomic E-state index is 0.114. The van der Waals surface area contributed by atoms with Gasteiger partial charge in [0.25, 0.3) is 0 Å². The van der Waals surface area contributed by atoms with Crippen LogP contribution in [-0.4, -0.2) is 28.6 Å². The second-order valence-corrected chi connectivity index (χ2v) is 7.75. The third-order valence-corrected chi connectivity index (χ3v) is 6.99. The number of rotatable bonds is 3. The number of methoxy groups -OCH3 is 1. The third kappa shape index (κ3) is 3.16. The average Bonchev–Trinajstić information content (AvgIpc) is 2.41. The van der Waals surface area contributed by atoms with Crippen LogP contribution in [0.1, 0.15) is 25.5 Å². The normalized spacial score (nSPS) is 29.9. The summed E-state index contributed by atoms with van der Waals surface area (Å²) < 4.78 is 5.18. The zero-order valence-electron chi connectivity index (χ0n) is 11.1. The van der Waals surface area contributed by atoms with E-state index in [0.717, 1.165) is 16.8 Å². The standard InChI is InChI=1S/C14H21NOS2/c1-9-10(2)18-13(8-17-9)14(15)11-4-6-12(16-3)7-5-11/h4-7,9-10,13-14H,8,15H2,1-3H3. The van der Waals surface area contributed by atoms with Crippen molar-refractivity contribution in [1.82, 2.24) is 0 Å². The Kier molecular flexibility index (Phi) is 4.87. The molecule has 0 bridgehead atoms. The first-order valence-electron chi connectivity index (χ1n) is 6.28. The molecule has 0 spiro atoms. The lowest BCUT2D eigenvalue weighted by atomic mass is 10.1. The molecule has 4 unspecified atom stereocenters. The number of ether oxygens (including phenoxy) is 1. The second-order valence-electron chi connectivity index (χ2n) is 4.72. The van der Waals surface area contributed by atoms with Crippen LogP contribution in [0, 0.1) is 0 Å². The maximum atomic E-state index is 6.39. The van der Waals surface area contributed by atoms with E-state index in [-0.39, 0.29) is 6.04 Å². The van der Waals surface area contributed by atoms with Crippen molar-refractivity contribution in [1.29, 1.82) is 0 Å². The zero-order chi connectivity index (χ0) is 13.1. The van der Waals surface area contributed by atoms with Gasteiger partial charge in [0.2, 0.25) is 0 Å². The first-order valence-corrected chi connectivity index (χ1v) is 8.27. The molecule has 1 aromatic rings. The van der Waals surface area contributed by atoms with Crippen molar-refractivity contribution in [2.45, 2.75) is 35.6 Å². The minimum absolute atomic E-state index is 0.114. The van der Waals surface area contributed by atoms with Gasteiger partial charge in [-0.3, -0.25) is 0 Å². The monoisotopic (exact) mass is 283 g/mol. The highest BCUT2D eigenvalue weighted by Gasteiger charge is 2.30. The molecule has 4 heteroatoms. The van der Waals surface area contributed by atoms with E-state index in [9.17, 15) is 0 Å². The van der Waals surface area contributed by atoms with Gasteiger partial charge in [0.05, 0.1) is 7.11 Å². The first-order chi connectivity index (χ1) is 8.61. The summed E-state index contributed by atoms with van der Waals surface area (Å²) in [5.74, 6) is 2.03. The van der Waals surface area contributed by atoms with Gasteiger partial charge in [-0.1, -0.05) is 26.0 Å². The molecule has 1 heterocycles. The van der Waals surface area contributed by atoms with E-state index in [2.05, 4.69) is 26.0 Å². The highest BCUT2D eigenvalue weighted by molar-refractivity contribution is 8.07. The van der Waals surface area contributed by atoms with Gasteiger partial charge in [0, 0.05) is 27.5 Å². The van der Waals surface area contributed by atoms with Crippen LogP contribution in [0.15, 0.2) is 24.3 Å². The fourth-order valence-corrected chi connectivity index (χ4v) is 5.09. The largest absolute Gasteiger partial charge is 0.497 e. The van der Waals surface area contributed by atoms with Gasteiger partial charge >= 0.3 is 0 Å². The molecule has 1 aliphatic heterocycles. The molecule has 18 heavy (non-hydrogen) atoms. The molecular formula is C14H21NOS2. The van der Waals surface area contributed by atoms with Crippen molar-refractivity contribution in [3.05, 3.63) is 29.8 Å². The molecule has 0 aliphatic carbocycles. The maximum absolute atomic E-state index is 6.39. The molecular weight excluding hydrogens is 262 g/mol. The van der Waals surface area contributed by atoms with Crippen LogP contribution < -0.4 is 10.5 Å². The molecule has 4 atom stereocenters. The lowest BCUT2D eigenvalue weighted by molar-refractivity contribution is 0.414. The molecule has 2 N–H and O–H groups in total. The van der Waals surface area contributed by atoms with Crippen molar-refractivity contribution in [2.24, 2.45) is 5.73 Å².